The number of nitrogens with zero attached hydrogens (tertiary/aromatic N) is 1. The average molecular weight is 445 g/mol. The highest BCUT2D eigenvalue weighted by atomic mass is 32.2. The molecule has 31 heavy (non-hydrogen) atoms. The molecule has 0 spiro atoms. The van der Waals surface area contributed by atoms with Crippen LogP contribution in [0.15, 0.2) is 47.4 Å². The van der Waals surface area contributed by atoms with Gasteiger partial charge in [0.15, 0.2) is 0 Å². The third kappa shape index (κ3) is 4.80. The molecule has 0 radical (unpaired) electrons. The molecule has 1 saturated heterocycles. The number of sulfonamides is 1. The number of methoxy groups -OCH3 is 1. The number of hydrogen-bond donors (Lipinski definition) is 1. The maximum Gasteiger partial charge on any atom is 0.241 e. The quantitative estimate of drug-likeness (QED) is 0.686. The fourth-order valence-electron chi connectivity index (χ4n) is 3.50. The Labute approximate surface area is 183 Å². The lowest BCUT2D eigenvalue weighted by molar-refractivity contribution is -0.121. The van der Waals surface area contributed by atoms with Gasteiger partial charge in [-0.2, -0.15) is 0 Å². The second kappa shape index (κ2) is 8.43. The summed E-state index contributed by atoms with van der Waals surface area (Å²) in [5, 5.41) is 0. The van der Waals surface area contributed by atoms with Crippen LogP contribution in [0.3, 0.4) is 0 Å². The molecule has 7 nitrogen and oxygen atoms in total. The summed E-state index contributed by atoms with van der Waals surface area (Å²) >= 11 is 0. The Morgan fingerprint density at radius 2 is 1.58 bits per heavy atom. The Kier molecular flexibility index (Phi) is 6.25. The van der Waals surface area contributed by atoms with E-state index in [2.05, 4.69) is 25.5 Å². The van der Waals surface area contributed by atoms with Gasteiger partial charge in [-0.25, -0.2) is 18.0 Å². The molecule has 1 aliphatic rings. The van der Waals surface area contributed by atoms with Crippen molar-refractivity contribution in [1.29, 1.82) is 0 Å². The van der Waals surface area contributed by atoms with Crippen LogP contribution < -0.4 is 14.4 Å². The zero-order chi connectivity index (χ0) is 23.0. The van der Waals surface area contributed by atoms with Gasteiger partial charge < -0.3 is 4.74 Å². The van der Waals surface area contributed by atoms with Gasteiger partial charge in [-0.3, -0.25) is 9.59 Å². The topological polar surface area (TPSA) is 92.8 Å². The number of carbonyl (C=O) groups excluding carboxylic acids is 2. The fourth-order valence-corrected chi connectivity index (χ4v) is 4.75. The van der Waals surface area contributed by atoms with Crippen LogP contribution >= 0.6 is 0 Å². The van der Waals surface area contributed by atoms with Crippen LogP contribution in [0.5, 0.6) is 5.75 Å². The highest BCUT2D eigenvalue weighted by Crippen LogP contribution is 2.34. The van der Waals surface area contributed by atoms with E-state index >= 15 is 0 Å². The molecule has 166 valence electrons. The average Bonchev–Trinajstić information content (AvgIpc) is 3.04. The van der Waals surface area contributed by atoms with E-state index in [9.17, 15) is 18.0 Å². The monoisotopic (exact) mass is 444 g/mol. The van der Waals surface area contributed by atoms with Crippen LogP contribution in [-0.4, -0.2) is 27.3 Å². The lowest BCUT2D eigenvalue weighted by Gasteiger charge is -2.21. The summed E-state index contributed by atoms with van der Waals surface area (Å²) in [7, 11) is -2.51. The van der Waals surface area contributed by atoms with Gasteiger partial charge in [0.05, 0.1) is 17.7 Å². The number of imide groups is 1. The number of amides is 2. The molecule has 0 aromatic heterocycles. The van der Waals surface area contributed by atoms with Gasteiger partial charge in [0.2, 0.25) is 21.8 Å². The first kappa shape index (κ1) is 23.0. The van der Waals surface area contributed by atoms with E-state index in [0.29, 0.717) is 0 Å². The van der Waals surface area contributed by atoms with Crippen LogP contribution in [0, 0.1) is 0 Å². The molecule has 1 aliphatic heterocycles. The van der Waals surface area contributed by atoms with Crippen molar-refractivity contribution in [2.45, 2.75) is 56.9 Å². The standard InChI is InChI=1S/C23H28N2O5S/c1-15(16-6-8-17(9-7-16)23(2,3)4)24-31(28,29)18-10-11-20(30-5)19(14-18)25-21(26)12-13-22(25)27/h6-11,14-15,24H,12-13H2,1-5H3/t15-/m1/s1. The van der Waals surface area contributed by atoms with Crippen molar-refractivity contribution in [3.63, 3.8) is 0 Å². The SMILES string of the molecule is COc1ccc(S(=O)(=O)N[C@H](C)c2ccc(C(C)(C)C)cc2)cc1N1C(=O)CCC1=O. The van der Waals surface area contributed by atoms with Gasteiger partial charge in [0.25, 0.3) is 0 Å². The Bertz CT molecular complexity index is 1090. The minimum absolute atomic E-state index is 0.00517. The molecule has 3 rings (SSSR count). The van der Waals surface area contributed by atoms with Gasteiger partial charge in [0, 0.05) is 18.9 Å². The number of rotatable bonds is 6. The molecular weight excluding hydrogens is 416 g/mol. The van der Waals surface area contributed by atoms with E-state index in [1.807, 2.05) is 24.3 Å². The zero-order valence-corrected chi connectivity index (χ0v) is 19.2. The van der Waals surface area contributed by atoms with Gasteiger partial charge in [-0.05, 0) is 41.7 Å². The summed E-state index contributed by atoms with van der Waals surface area (Å²) in [6.07, 6.45) is 0.192. The van der Waals surface area contributed by atoms with Gasteiger partial charge in [-0.15, -0.1) is 0 Å². The summed E-state index contributed by atoms with van der Waals surface area (Å²) in [6, 6.07) is 11.5. The second-order valence-electron chi connectivity index (χ2n) is 8.67. The van der Waals surface area contributed by atoms with E-state index in [1.165, 1.54) is 25.3 Å². The summed E-state index contributed by atoms with van der Waals surface area (Å²) in [4.78, 5) is 25.3. The number of nitrogens with one attached hydrogen (secondary N) is 1. The lowest BCUT2D eigenvalue weighted by atomic mass is 9.86. The second-order valence-corrected chi connectivity index (χ2v) is 10.4. The van der Waals surface area contributed by atoms with E-state index in [4.69, 9.17) is 4.74 Å². The molecule has 8 heteroatoms. The molecule has 1 atom stereocenters. The molecule has 0 bridgehead atoms. The maximum atomic E-state index is 13.0. The smallest absolute Gasteiger partial charge is 0.241 e. The first-order chi connectivity index (χ1) is 14.4. The normalized spacial score (nSPS) is 16.0. The molecule has 2 aromatic carbocycles. The van der Waals surface area contributed by atoms with Gasteiger partial charge in [-0.1, -0.05) is 45.0 Å². The van der Waals surface area contributed by atoms with Crippen LogP contribution in [0.1, 0.15) is 57.7 Å². The van der Waals surface area contributed by atoms with Crippen LogP contribution in [-0.2, 0) is 25.0 Å². The Morgan fingerprint density at radius 1 is 1.00 bits per heavy atom. The van der Waals surface area contributed by atoms with Crippen molar-refractivity contribution in [2.24, 2.45) is 0 Å². The predicted octanol–water partition coefficient (Wildman–Crippen LogP) is 3.69. The predicted molar refractivity (Wildman–Crippen MR) is 119 cm³/mol. The maximum absolute atomic E-state index is 13.0. The van der Waals surface area contributed by atoms with Crippen LogP contribution in [0.25, 0.3) is 0 Å². The summed E-state index contributed by atoms with van der Waals surface area (Å²) < 4.78 is 34.0. The third-order valence-electron chi connectivity index (χ3n) is 5.36. The van der Waals surface area contributed by atoms with Crippen molar-refractivity contribution >= 4 is 27.5 Å². The third-order valence-corrected chi connectivity index (χ3v) is 6.90. The number of hydrogen-bond acceptors (Lipinski definition) is 5. The molecule has 1 fully saturated rings. The summed E-state index contributed by atoms with van der Waals surface area (Å²) in [6.45, 7) is 8.11. The van der Waals surface area contributed by atoms with Gasteiger partial charge in [0.1, 0.15) is 5.75 Å². The van der Waals surface area contributed by atoms with E-state index < -0.39 is 16.1 Å². The van der Waals surface area contributed by atoms with E-state index in [-0.39, 0.29) is 46.4 Å². The minimum atomic E-state index is -3.91. The minimum Gasteiger partial charge on any atom is -0.495 e. The fraction of sp³-hybridized carbons (Fsp3) is 0.391. The number of anilines is 1. The summed E-state index contributed by atoms with van der Waals surface area (Å²) in [5.41, 5.74) is 2.13. The molecule has 0 aliphatic carbocycles. The number of carbonyl (C=O) groups is 2. The number of benzene rings is 2. The van der Waals surface area contributed by atoms with E-state index in [0.717, 1.165) is 16.0 Å². The Hall–Kier alpha value is -2.71. The van der Waals surface area contributed by atoms with Crippen molar-refractivity contribution in [1.82, 2.24) is 4.72 Å². The van der Waals surface area contributed by atoms with Crippen molar-refractivity contribution < 1.29 is 22.7 Å². The zero-order valence-electron chi connectivity index (χ0n) is 18.4. The molecule has 2 aromatic rings. The largest absolute Gasteiger partial charge is 0.495 e. The lowest BCUT2D eigenvalue weighted by Crippen LogP contribution is -2.30. The van der Waals surface area contributed by atoms with E-state index in [1.54, 1.807) is 6.92 Å². The first-order valence-corrected chi connectivity index (χ1v) is 11.6. The Morgan fingerprint density at radius 3 is 2.10 bits per heavy atom. The number of ether oxygens (including phenoxy) is 1. The van der Waals surface area contributed by atoms with Crippen molar-refractivity contribution in [2.75, 3.05) is 12.0 Å². The molecule has 2 amide bonds. The molecular formula is C23H28N2O5S. The van der Waals surface area contributed by atoms with Crippen molar-refractivity contribution in [3.8, 4) is 5.75 Å². The van der Waals surface area contributed by atoms with Gasteiger partial charge >= 0.3 is 0 Å². The molecule has 0 unspecified atom stereocenters. The Balaban J connectivity index is 1.89. The molecule has 0 saturated carbocycles. The molecule has 1 heterocycles. The summed E-state index contributed by atoms with van der Waals surface area (Å²) in [5.74, 6) is -0.496. The first-order valence-electron chi connectivity index (χ1n) is 10.1. The highest BCUT2D eigenvalue weighted by Gasteiger charge is 2.33. The van der Waals surface area contributed by atoms with Crippen molar-refractivity contribution in [3.05, 3.63) is 53.6 Å². The molecule has 1 N–H and O–H groups in total. The van der Waals surface area contributed by atoms with Crippen LogP contribution in [0.4, 0.5) is 5.69 Å². The van der Waals surface area contributed by atoms with Crippen LogP contribution in [0.2, 0.25) is 0 Å². The highest BCUT2D eigenvalue weighted by molar-refractivity contribution is 7.89.